The van der Waals surface area contributed by atoms with Gasteiger partial charge in [-0.1, -0.05) is 12.1 Å². The molecule has 0 aliphatic carbocycles. The summed E-state index contributed by atoms with van der Waals surface area (Å²) in [5, 5.41) is 19.8. The van der Waals surface area contributed by atoms with Gasteiger partial charge < -0.3 is 9.47 Å². The van der Waals surface area contributed by atoms with Crippen molar-refractivity contribution in [1.29, 1.82) is 5.26 Å². The van der Waals surface area contributed by atoms with Gasteiger partial charge >= 0.3 is 5.97 Å². The topological polar surface area (TPSA) is 102 Å². The summed E-state index contributed by atoms with van der Waals surface area (Å²) in [5.41, 5.74) is 0.327. The smallest absolute Gasteiger partial charge is 0.354 e. The number of rotatable bonds is 6. The van der Waals surface area contributed by atoms with Gasteiger partial charge in [0.1, 0.15) is 23.1 Å². The minimum atomic E-state index is -0.842. The van der Waals surface area contributed by atoms with Crippen molar-refractivity contribution in [1.82, 2.24) is 0 Å². The van der Waals surface area contributed by atoms with Crippen LogP contribution in [0.2, 0.25) is 0 Å². The van der Waals surface area contributed by atoms with Gasteiger partial charge in [0.25, 0.3) is 5.69 Å². The number of non-ortho nitro benzene ring substituents is 1. The van der Waals surface area contributed by atoms with E-state index in [2.05, 4.69) is 0 Å². The lowest BCUT2D eigenvalue weighted by Crippen LogP contribution is -2.10. The number of nitro groups is 1. The van der Waals surface area contributed by atoms with Crippen molar-refractivity contribution in [3.63, 3.8) is 0 Å². The lowest BCUT2D eigenvalue weighted by Gasteiger charge is -2.04. The minimum absolute atomic E-state index is 0.114. The summed E-state index contributed by atoms with van der Waals surface area (Å²) in [5.74, 6) is -0.0414. The van der Waals surface area contributed by atoms with Gasteiger partial charge in [-0.05, 0) is 42.8 Å². The van der Waals surface area contributed by atoms with E-state index < -0.39 is 10.9 Å². The second-order valence-electron chi connectivity index (χ2n) is 4.81. The van der Waals surface area contributed by atoms with Gasteiger partial charge in [-0.3, -0.25) is 10.1 Å². The Labute approximate surface area is 143 Å². The molecular weight excluding hydrogens is 324 g/mol. The Morgan fingerprint density at radius 1 is 1.16 bits per heavy atom. The number of nitrogens with zero attached hydrogens (tertiary/aromatic N) is 2. The van der Waals surface area contributed by atoms with Crippen LogP contribution in [-0.2, 0) is 4.79 Å². The van der Waals surface area contributed by atoms with E-state index in [1.54, 1.807) is 30.3 Å². The van der Waals surface area contributed by atoms with Crippen LogP contribution < -0.4 is 9.47 Å². The molecule has 0 heterocycles. The van der Waals surface area contributed by atoms with Crippen LogP contribution in [0.4, 0.5) is 5.69 Å². The number of carbonyl (C=O) groups excluding carboxylic acids is 1. The van der Waals surface area contributed by atoms with Crippen molar-refractivity contribution in [2.24, 2.45) is 0 Å². The van der Waals surface area contributed by atoms with E-state index in [9.17, 15) is 14.9 Å². The maximum atomic E-state index is 12.1. The maximum Gasteiger partial charge on any atom is 0.354 e. The first kappa shape index (κ1) is 17.7. The monoisotopic (exact) mass is 338 g/mol. The summed E-state index contributed by atoms with van der Waals surface area (Å²) in [6, 6.07) is 13.7. The minimum Gasteiger partial charge on any atom is -0.494 e. The molecule has 25 heavy (non-hydrogen) atoms. The molecule has 126 valence electrons. The van der Waals surface area contributed by atoms with Crippen LogP contribution in [0.15, 0.2) is 54.1 Å². The van der Waals surface area contributed by atoms with Gasteiger partial charge in [-0.25, -0.2) is 4.79 Å². The summed E-state index contributed by atoms with van der Waals surface area (Å²) >= 11 is 0. The van der Waals surface area contributed by atoms with Crippen LogP contribution in [0, 0.1) is 21.4 Å². The van der Waals surface area contributed by atoms with Crippen LogP contribution in [0.25, 0.3) is 6.08 Å². The summed E-state index contributed by atoms with van der Waals surface area (Å²) in [6.07, 6.45) is 1.39. The number of ether oxygens (including phenoxy) is 2. The standard InChI is InChI=1S/C18H14N2O5/c1-2-24-16-7-3-13(4-8-16)11-14(12-19)18(21)25-17-9-5-15(6-10-17)20(22)23/h3-11H,2H2,1H3/b14-11+. The second kappa shape index (κ2) is 8.26. The van der Waals surface area contributed by atoms with E-state index in [0.717, 1.165) is 0 Å². The van der Waals surface area contributed by atoms with E-state index in [1.807, 2.05) is 6.92 Å². The average molecular weight is 338 g/mol. The molecular formula is C18H14N2O5. The first-order valence-electron chi connectivity index (χ1n) is 7.34. The largest absolute Gasteiger partial charge is 0.494 e. The number of esters is 1. The molecule has 2 aromatic rings. The Balaban J connectivity index is 2.12. The van der Waals surface area contributed by atoms with E-state index in [-0.39, 0.29) is 17.0 Å². The molecule has 0 aliphatic rings. The summed E-state index contributed by atoms with van der Waals surface area (Å²) in [4.78, 5) is 22.1. The van der Waals surface area contributed by atoms with Crippen LogP contribution in [-0.4, -0.2) is 17.5 Å². The van der Waals surface area contributed by atoms with Crippen LogP contribution >= 0.6 is 0 Å². The Morgan fingerprint density at radius 3 is 2.28 bits per heavy atom. The van der Waals surface area contributed by atoms with Gasteiger partial charge in [0, 0.05) is 12.1 Å². The quantitative estimate of drug-likeness (QED) is 0.199. The summed E-state index contributed by atoms with van der Waals surface area (Å²) in [6.45, 7) is 2.41. The highest BCUT2D eigenvalue weighted by atomic mass is 16.6. The summed E-state index contributed by atoms with van der Waals surface area (Å²) in [7, 11) is 0. The number of nitro benzene ring substituents is 1. The Hall–Kier alpha value is -3.66. The molecule has 0 amide bonds. The summed E-state index contributed by atoms with van der Waals surface area (Å²) < 4.78 is 10.4. The van der Waals surface area contributed by atoms with Crippen LogP contribution in [0.1, 0.15) is 12.5 Å². The first-order valence-corrected chi connectivity index (χ1v) is 7.34. The molecule has 0 spiro atoms. The third kappa shape index (κ3) is 4.91. The molecule has 0 unspecified atom stereocenters. The SMILES string of the molecule is CCOc1ccc(/C=C(\C#N)C(=O)Oc2ccc([N+](=O)[O-])cc2)cc1. The van der Waals surface area contributed by atoms with Crippen molar-refractivity contribution in [3.8, 4) is 17.6 Å². The zero-order valence-electron chi connectivity index (χ0n) is 13.3. The van der Waals surface area contributed by atoms with Crippen molar-refractivity contribution >= 4 is 17.7 Å². The molecule has 0 fully saturated rings. The van der Waals surface area contributed by atoms with Crippen LogP contribution in [0.5, 0.6) is 11.5 Å². The molecule has 2 aromatic carbocycles. The molecule has 0 atom stereocenters. The normalized spacial score (nSPS) is 10.6. The first-order chi connectivity index (χ1) is 12.0. The zero-order chi connectivity index (χ0) is 18.2. The van der Waals surface area contributed by atoms with Gasteiger partial charge in [0.15, 0.2) is 0 Å². The van der Waals surface area contributed by atoms with E-state index >= 15 is 0 Å². The van der Waals surface area contributed by atoms with Gasteiger partial charge in [0.05, 0.1) is 11.5 Å². The van der Waals surface area contributed by atoms with Gasteiger partial charge in [-0.15, -0.1) is 0 Å². The molecule has 2 rings (SSSR count). The maximum absolute atomic E-state index is 12.1. The lowest BCUT2D eigenvalue weighted by molar-refractivity contribution is -0.384. The molecule has 0 N–H and O–H groups in total. The highest BCUT2D eigenvalue weighted by Gasteiger charge is 2.13. The average Bonchev–Trinajstić information content (AvgIpc) is 2.61. The van der Waals surface area contributed by atoms with E-state index in [1.165, 1.54) is 30.3 Å². The molecule has 0 bridgehead atoms. The predicted octanol–water partition coefficient (Wildman–Crippen LogP) is 3.51. The second-order valence-corrected chi connectivity index (χ2v) is 4.81. The highest BCUT2D eigenvalue weighted by Crippen LogP contribution is 2.19. The molecule has 7 heteroatoms. The number of carbonyl (C=O) groups is 1. The number of hydrogen-bond acceptors (Lipinski definition) is 6. The fraction of sp³-hybridized carbons (Fsp3) is 0.111. The lowest BCUT2D eigenvalue weighted by atomic mass is 10.1. The zero-order valence-corrected chi connectivity index (χ0v) is 13.3. The fourth-order valence-corrected chi connectivity index (χ4v) is 1.93. The third-order valence-corrected chi connectivity index (χ3v) is 3.10. The van der Waals surface area contributed by atoms with Gasteiger partial charge in [0.2, 0.25) is 0 Å². The number of nitriles is 1. The van der Waals surface area contributed by atoms with Crippen molar-refractivity contribution in [2.45, 2.75) is 6.92 Å². The van der Waals surface area contributed by atoms with Crippen LogP contribution in [0.3, 0.4) is 0 Å². The Kier molecular flexibility index (Phi) is 5.85. The third-order valence-electron chi connectivity index (χ3n) is 3.10. The van der Waals surface area contributed by atoms with Crippen molar-refractivity contribution in [3.05, 3.63) is 69.8 Å². The fourth-order valence-electron chi connectivity index (χ4n) is 1.93. The molecule has 7 nitrogen and oxygen atoms in total. The molecule has 0 aliphatic heterocycles. The van der Waals surface area contributed by atoms with Gasteiger partial charge in [-0.2, -0.15) is 5.26 Å². The molecule has 0 saturated heterocycles. The Bertz CT molecular complexity index is 833. The van der Waals surface area contributed by atoms with E-state index in [4.69, 9.17) is 14.7 Å². The number of benzene rings is 2. The molecule has 0 saturated carbocycles. The highest BCUT2D eigenvalue weighted by molar-refractivity contribution is 5.99. The molecule has 0 radical (unpaired) electrons. The van der Waals surface area contributed by atoms with E-state index in [0.29, 0.717) is 17.9 Å². The predicted molar refractivity (Wildman–Crippen MR) is 89.9 cm³/mol. The van der Waals surface area contributed by atoms with Crippen molar-refractivity contribution in [2.75, 3.05) is 6.61 Å². The van der Waals surface area contributed by atoms with Crippen molar-refractivity contribution < 1.29 is 19.2 Å². The number of hydrogen-bond donors (Lipinski definition) is 0. The Morgan fingerprint density at radius 2 is 1.76 bits per heavy atom. The molecule has 0 aromatic heterocycles.